The van der Waals surface area contributed by atoms with Crippen molar-refractivity contribution in [3.8, 4) is 11.1 Å². The lowest BCUT2D eigenvalue weighted by molar-refractivity contribution is -0.131. The highest BCUT2D eigenvalue weighted by atomic mass is 16.2. The number of carbonyl (C=O) groups excluding carboxylic acids is 1. The van der Waals surface area contributed by atoms with Crippen molar-refractivity contribution >= 4 is 5.91 Å². The second kappa shape index (κ2) is 6.28. The number of hydrogen-bond donors (Lipinski definition) is 0. The lowest BCUT2D eigenvalue weighted by Gasteiger charge is -2.15. The van der Waals surface area contributed by atoms with E-state index in [1.165, 1.54) is 11.1 Å². The third-order valence-electron chi connectivity index (χ3n) is 4.46. The molecular formula is C21H18N2O. The van der Waals surface area contributed by atoms with Crippen LogP contribution in [0.25, 0.3) is 11.1 Å². The molecule has 0 N–H and O–H groups in total. The topological polar surface area (TPSA) is 33.2 Å². The average molecular weight is 314 g/mol. The Morgan fingerprint density at radius 2 is 1.62 bits per heavy atom. The summed E-state index contributed by atoms with van der Waals surface area (Å²) < 4.78 is 0. The predicted octanol–water partition coefficient (Wildman–Crippen LogP) is 3.83. The maximum Gasteiger partial charge on any atom is 0.227 e. The first-order valence-electron chi connectivity index (χ1n) is 8.14. The number of benzene rings is 2. The van der Waals surface area contributed by atoms with E-state index in [2.05, 4.69) is 29.2 Å². The minimum atomic E-state index is 0.153. The van der Waals surface area contributed by atoms with E-state index < -0.39 is 0 Å². The molecule has 3 aromatic rings. The normalized spacial score (nSPS) is 12.9. The minimum Gasteiger partial charge on any atom is -0.332 e. The van der Waals surface area contributed by atoms with Gasteiger partial charge in [0, 0.05) is 12.7 Å². The summed E-state index contributed by atoms with van der Waals surface area (Å²) in [6.07, 6.45) is 2.22. The molecule has 1 aliphatic heterocycles. The molecule has 0 unspecified atom stereocenters. The highest BCUT2D eigenvalue weighted by molar-refractivity contribution is 5.79. The molecule has 0 aliphatic carbocycles. The summed E-state index contributed by atoms with van der Waals surface area (Å²) in [5, 5.41) is 0. The molecule has 0 saturated carbocycles. The SMILES string of the molecule is O=C(Cc1ccc(-c2ccccc2)cc1)N1Cc2cccnc2C1. The summed E-state index contributed by atoms with van der Waals surface area (Å²) in [5.74, 6) is 0.153. The summed E-state index contributed by atoms with van der Waals surface area (Å²) in [6, 6.07) is 22.5. The van der Waals surface area contributed by atoms with E-state index in [-0.39, 0.29) is 5.91 Å². The van der Waals surface area contributed by atoms with Gasteiger partial charge in [-0.05, 0) is 28.3 Å². The molecule has 2 aromatic carbocycles. The van der Waals surface area contributed by atoms with E-state index in [0.29, 0.717) is 19.5 Å². The Morgan fingerprint density at radius 1 is 0.875 bits per heavy atom. The van der Waals surface area contributed by atoms with E-state index in [4.69, 9.17) is 0 Å². The van der Waals surface area contributed by atoms with Gasteiger partial charge in [0.25, 0.3) is 0 Å². The zero-order valence-electron chi connectivity index (χ0n) is 13.4. The van der Waals surface area contributed by atoms with Crippen LogP contribution < -0.4 is 0 Å². The van der Waals surface area contributed by atoms with Crippen molar-refractivity contribution in [1.29, 1.82) is 0 Å². The fourth-order valence-electron chi connectivity index (χ4n) is 3.11. The van der Waals surface area contributed by atoms with Gasteiger partial charge in [-0.2, -0.15) is 0 Å². The van der Waals surface area contributed by atoms with Gasteiger partial charge in [0.05, 0.1) is 18.7 Å². The number of amides is 1. The van der Waals surface area contributed by atoms with Gasteiger partial charge in [-0.25, -0.2) is 0 Å². The number of rotatable bonds is 3. The first kappa shape index (κ1) is 14.6. The number of nitrogens with zero attached hydrogens (tertiary/aromatic N) is 2. The first-order chi connectivity index (χ1) is 11.8. The van der Waals surface area contributed by atoms with Gasteiger partial charge < -0.3 is 4.90 Å². The van der Waals surface area contributed by atoms with Crippen LogP contribution in [-0.2, 0) is 24.3 Å². The number of hydrogen-bond acceptors (Lipinski definition) is 2. The van der Waals surface area contributed by atoms with Crippen molar-refractivity contribution in [1.82, 2.24) is 9.88 Å². The molecule has 0 saturated heterocycles. The molecule has 118 valence electrons. The monoisotopic (exact) mass is 314 g/mol. The van der Waals surface area contributed by atoms with Gasteiger partial charge in [-0.1, -0.05) is 60.7 Å². The predicted molar refractivity (Wildman–Crippen MR) is 94.1 cm³/mol. The van der Waals surface area contributed by atoms with Crippen LogP contribution in [0.1, 0.15) is 16.8 Å². The van der Waals surface area contributed by atoms with Crippen molar-refractivity contribution < 1.29 is 4.79 Å². The molecule has 0 fully saturated rings. The standard InChI is InChI=1S/C21H18N2O/c24-21(23-14-19-7-4-12-22-20(19)15-23)13-16-8-10-18(11-9-16)17-5-2-1-3-6-17/h1-12H,13-15H2. The molecule has 1 aromatic heterocycles. The van der Waals surface area contributed by atoms with E-state index in [1.807, 2.05) is 47.4 Å². The molecule has 0 atom stereocenters. The van der Waals surface area contributed by atoms with Gasteiger partial charge in [0.15, 0.2) is 0 Å². The summed E-state index contributed by atoms with van der Waals surface area (Å²) in [7, 11) is 0. The van der Waals surface area contributed by atoms with Crippen LogP contribution in [0.15, 0.2) is 72.9 Å². The highest BCUT2D eigenvalue weighted by Gasteiger charge is 2.23. The Hall–Kier alpha value is -2.94. The molecule has 3 heteroatoms. The first-order valence-corrected chi connectivity index (χ1v) is 8.14. The largest absolute Gasteiger partial charge is 0.332 e. The van der Waals surface area contributed by atoms with Crippen LogP contribution in [0.4, 0.5) is 0 Å². The fraction of sp³-hybridized carbons (Fsp3) is 0.143. The number of pyridine rings is 1. The van der Waals surface area contributed by atoms with Crippen LogP contribution in [0, 0.1) is 0 Å². The number of fused-ring (bicyclic) bond motifs is 1. The molecule has 0 radical (unpaired) electrons. The van der Waals surface area contributed by atoms with E-state index >= 15 is 0 Å². The summed E-state index contributed by atoms with van der Waals surface area (Å²) >= 11 is 0. The Labute approximate surface area is 141 Å². The molecule has 2 heterocycles. The Morgan fingerprint density at radius 3 is 2.38 bits per heavy atom. The molecule has 0 bridgehead atoms. The molecule has 24 heavy (non-hydrogen) atoms. The van der Waals surface area contributed by atoms with Gasteiger partial charge in [0.2, 0.25) is 5.91 Å². The number of carbonyl (C=O) groups is 1. The van der Waals surface area contributed by atoms with E-state index in [9.17, 15) is 4.79 Å². The summed E-state index contributed by atoms with van der Waals surface area (Å²) in [5.41, 5.74) is 5.58. The lowest BCUT2D eigenvalue weighted by atomic mass is 10.0. The van der Waals surface area contributed by atoms with E-state index in [1.54, 1.807) is 6.20 Å². The smallest absolute Gasteiger partial charge is 0.227 e. The molecule has 1 amide bonds. The quantitative estimate of drug-likeness (QED) is 0.736. The van der Waals surface area contributed by atoms with Crippen molar-refractivity contribution in [2.24, 2.45) is 0 Å². The third kappa shape index (κ3) is 2.93. The van der Waals surface area contributed by atoms with E-state index in [0.717, 1.165) is 16.8 Å². The third-order valence-corrected chi connectivity index (χ3v) is 4.46. The van der Waals surface area contributed by atoms with Crippen LogP contribution in [-0.4, -0.2) is 15.8 Å². The van der Waals surface area contributed by atoms with Crippen LogP contribution >= 0.6 is 0 Å². The van der Waals surface area contributed by atoms with Crippen LogP contribution in [0.2, 0.25) is 0 Å². The Balaban J connectivity index is 1.44. The Bertz CT molecular complexity index is 832. The lowest BCUT2D eigenvalue weighted by Crippen LogP contribution is -2.26. The van der Waals surface area contributed by atoms with Crippen molar-refractivity contribution in [3.63, 3.8) is 0 Å². The highest BCUT2D eigenvalue weighted by Crippen LogP contribution is 2.22. The average Bonchev–Trinajstić information content (AvgIpc) is 3.07. The maximum atomic E-state index is 12.5. The number of aromatic nitrogens is 1. The van der Waals surface area contributed by atoms with Crippen molar-refractivity contribution in [2.45, 2.75) is 19.5 Å². The molecule has 4 rings (SSSR count). The summed E-state index contributed by atoms with van der Waals surface area (Å²) in [6.45, 7) is 1.29. The zero-order valence-corrected chi connectivity index (χ0v) is 13.4. The van der Waals surface area contributed by atoms with Crippen molar-refractivity contribution in [2.75, 3.05) is 0 Å². The maximum absolute atomic E-state index is 12.5. The molecule has 0 spiro atoms. The van der Waals surface area contributed by atoms with Gasteiger partial charge in [-0.15, -0.1) is 0 Å². The fourth-order valence-corrected chi connectivity index (χ4v) is 3.11. The molecule has 1 aliphatic rings. The van der Waals surface area contributed by atoms with Gasteiger partial charge in [0.1, 0.15) is 0 Å². The van der Waals surface area contributed by atoms with Gasteiger partial charge >= 0.3 is 0 Å². The second-order valence-electron chi connectivity index (χ2n) is 6.10. The van der Waals surface area contributed by atoms with Crippen molar-refractivity contribution in [3.05, 3.63) is 89.7 Å². The molecule has 3 nitrogen and oxygen atoms in total. The van der Waals surface area contributed by atoms with Gasteiger partial charge in [-0.3, -0.25) is 9.78 Å². The molecular weight excluding hydrogens is 296 g/mol. The minimum absolute atomic E-state index is 0.153. The second-order valence-corrected chi connectivity index (χ2v) is 6.10. The van der Waals surface area contributed by atoms with Crippen LogP contribution in [0.3, 0.4) is 0 Å². The van der Waals surface area contributed by atoms with Crippen LogP contribution in [0.5, 0.6) is 0 Å². The zero-order chi connectivity index (χ0) is 16.4. The Kier molecular flexibility index (Phi) is 3.83. The summed E-state index contributed by atoms with van der Waals surface area (Å²) in [4.78, 5) is 18.8.